The second-order valence-corrected chi connectivity index (χ2v) is 6.94. The molecule has 0 saturated carbocycles. The molecule has 0 radical (unpaired) electrons. The van der Waals surface area contributed by atoms with Crippen LogP contribution in [0.2, 0.25) is 0 Å². The third-order valence-electron chi connectivity index (χ3n) is 3.17. The first-order chi connectivity index (χ1) is 9.15. The van der Waals surface area contributed by atoms with Crippen LogP contribution in [-0.2, 0) is 0 Å². The highest BCUT2D eigenvalue weighted by Gasteiger charge is 2.13. The van der Waals surface area contributed by atoms with E-state index in [4.69, 9.17) is 5.73 Å². The summed E-state index contributed by atoms with van der Waals surface area (Å²) in [6.07, 6.45) is 1.81. The van der Waals surface area contributed by atoms with E-state index in [9.17, 15) is 0 Å². The molecule has 2 aromatic heterocycles. The second-order valence-electron chi connectivity index (χ2n) is 4.54. The summed E-state index contributed by atoms with van der Waals surface area (Å²) in [5.41, 5.74) is 9.67. The van der Waals surface area contributed by atoms with Crippen molar-refractivity contribution in [3.05, 3.63) is 62.4 Å². The van der Waals surface area contributed by atoms with Gasteiger partial charge in [0.05, 0.1) is 15.3 Å². The summed E-state index contributed by atoms with van der Waals surface area (Å²) >= 11 is 5.24. The molecule has 1 aromatic carbocycles. The Balaban J connectivity index is 2.03. The number of hydrogen-bond acceptors (Lipinski definition) is 3. The molecule has 0 spiro atoms. The normalized spacial score (nSPS) is 12.8. The molecule has 19 heavy (non-hydrogen) atoms. The average molecular weight is 333 g/mol. The van der Waals surface area contributed by atoms with Gasteiger partial charge < -0.3 is 5.73 Å². The van der Waals surface area contributed by atoms with Gasteiger partial charge in [-0.3, -0.25) is 4.98 Å². The molecule has 0 aliphatic heterocycles. The number of halogens is 1. The number of aromatic nitrogens is 1. The van der Waals surface area contributed by atoms with Crippen LogP contribution in [0.1, 0.15) is 22.0 Å². The summed E-state index contributed by atoms with van der Waals surface area (Å²) in [4.78, 5) is 5.55. The first kappa shape index (κ1) is 12.8. The summed E-state index contributed by atoms with van der Waals surface area (Å²) in [5, 5.41) is 1.14. The van der Waals surface area contributed by atoms with Gasteiger partial charge in [0.15, 0.2) is 0 Å². The molecule has 4 heteroatoms. The van der Waals surface area contributed by atoms with Crippen LogP contribution in [0.25, 0.3) is 10.9 Å². The smallest absolute Gasteiger partial charge is 0.0731 e. The quantitative estimate of drug-likeness (QED) is 0.754. The van der Waals surface area contributed by atoms with Gasteiger partial charge >= 0.3 is 0 Å². The van der Waals surface area contributed by atoms with Crippen molar-refractivity contribution in [1.29, 1.82) is 0 Å². The lowest BCUT2D eigenvalue weighted by Gasteiger charge is -2.10. The van der Waals surface area contributed by atoms with Crippen molar-refractivity contribution in [3.8, 4) is 0 Å². The number of thiophene rings is 1. The van der Waals surface area contributed by atoms with E-state index in [2.05, 4.69) is 58.2 Å². The summed E-state index contributed by atoms with van der Waals surface area (Å²) in [5.74, 6) is 0. The number of fused-ring (bicyclic) bond motifs is 1. The topological polar surface area (TPSA) is 38.9 Å². The Morgan fingerprint density at radius 3 is 2.84 bits per heavy atom. The van der Waals surface area contributed by atoms with Gasteiger partial charge in [-0.05, 0) is 52.2 Å². The molecule has 2 nitrogen and oxygen atoms in total. The second kappa shape index (κ2) is 5.04. The van der Waals surface area contributed by atoms with E-state index < -0.39 is 0 Å². The Labute approximate surface area is 124 Å². The number of nitrogens with two attached hydrogens (primary N) is 1. The molecule has 0 bridgehead atoms. The standard InChI is InChI=1S/C15H13BrN2S/c1-9-7-13(19-15(9)16)14(17)11-5-4-10-3-2-6-18-12(10)8-11/h2-8,14H,17H2,1H3. The largest absolute Gasteiger partial charge is 0.320 e. The molecule has 3 rings (SSSR count). The predicted octanol–water partition coefficient (Wildman–Crippen LogP) is 4.42. The maximum Gasteiger partial charge on any atom is 0.0731 e. The van der Waals surface area contributed by atoms with E-state index in [-0.39, 0.29) is 6.04 Å². The zero-order valence-corrected chi connectivity index (χ0v) is 12.8. The maximum absolute atomic E-state index is 6.35. The molecule has 0 saturated heterocycles. The Hall–Kier alpha value is -1.23. The zero-order chi connectivity index (χ0) is 13.4. The Bertz CT molecular complexity index is 716. The molecule has 0 aliphatic carbocycles. The van der Waals surface area contributed by atoms with E-state index in [1.54, 1.807) is 11.3 Å². The lowest BCUT2D eigenvalue weighted by molar-refractivity contribution is 0.894. The van der Waals surface area contributed by atoms with Crippen LogP contribution < -0.4 is 5.73 Å². The summed E-state index contributed by atoms with van der Waals surface area (Å²) in [6, 6.07) is 12.3. The Morgan fingerprint density at radius 2 is 2.11 bits per heavy atom. The van der Waals surface area contributed by atoms with Crippen LogP contribution in [0, 0.1) is 6.92 Å². The first-order valence-corrected chi connectivity index (χ1v) is 7.62. The fourth-order valence-electron chi connectivity index (χ4n) is 2.08. The number of rotatable bonds is 2. The van der Waals surface area contributed by atoms with Crippen molar-refractivity contribution in [1.82, 2.24) is 4.98 Å². The predicted molar refractivity (Wildman–Crippen MR) is 84.5 cm³/mol. The third kappa shape index (κ3) is 2.43. The van der Waals surface area contributed by atoms with Crippen molar-refractivity contribution >= 4 is 38.2 Å². The highest BCUT2D eigenvalue weighted by atomic mass is 79.9. The number of hydrogen-bond donors (Lipinski definition) is 1. The fourth-order valence-corrected chi connectivity index (χ4v) is 3.68. The monoisotopic (exact) mass is 332 g/mol. The van der Waals surface area contributed by atoms with Crippen LogP contribution >= 0.6 is 27.3 Å². The lowest BCUT2D eigenvalue weighted by atomic mass is 10.0. The van der Waals surface area contributed by atoms with Gasteiger partial charge in [0, 0.05) is 16.5 Å². The highest BCUT2D eigenvalue weighted by Crippen LogP contribution is 2.33. The molecule has 1 unspecified atom stereocenters. The van der Waals surface area contributed by atoms with Crippen molar-refractivity contribution < 1.29 is 0 Å². The Kier molecular flexibility index (Phi) is 3.39. The first-order valence-electron chi connectivity index (χ1n) is 6.01. The minimum absolute atomic E-state index is 0.0959. The Morgan fingerprint density at radius 1 is 1.26 bits per heavy atom. The molecule has 0 aliphatic rings. The van der Waals surface area contributed by atoms with E-state index >= 15 is 0 Å². The number of benzene rings is 1. The van der Waals surface area contributed by atoms with Gasteiger partial charge in [-0.1, -0.05) is 18.2 Å². The van der Waals surface area contributed by atoms with E-state index in [1.807, 2.05) is 12.3 Å². The van der Waals surface area contributed by atoms with Crippen molar-refractivity contribution in [3.63, 3.8) is 0 Å². The molecule has 3 aromatic rings. The number of pyridine rings is 1. The number of nitrogens with zero attached hydrogens (tertiary/aromatic N) is 1. The highest BCUT2D eigenvalue weighted by molar-refractivity contribution is 9.11. The SMILES string of the molecule is Cc1cc(C(N)c2ccc3cccnc3c2)sc1Br. The van der Waals surface area contributed by atoms with Gasteiger partial charge in [-0.25, -0.2) is 0 Å². The van der Waals surface area contributed by atoms with Crippen molar-refractivity contribution in [2.45, 2.75) is 13.0 Å². The van der Waals surface area contributed by atoms with Gasteiger partial charge in [0.1, 0.15) is 0 Å². The van der Waals surface area contributed by atoms with E-state index in [0.29, 0.717) is 0 Å². The molecule has 96 valence electrons. The maximum atomic E-state index is 6.35. The van der Waals surface area contributed by atoms with E-state index in [0.717, 1.165) is 20.3 Å². The fraction of sp³-hybridized carbons (Fsp3) is 0.133. The van der Waals surface area contributed by atoms with Crippen LogP contribution in [-0.4, -0.2) is 4.98 Å². The van der Waals surface area contributed by atoms with Crippen LogP contribution in [0.15, 0.2) is 46.4 Å². The van der Waals surface area contributed by atoms with Crippen LogP contribution in [0.5, 0.6) is 0 Å². The molecule has 2 N–H and O–H groups in total. The average Bonchev–Trinajstić information content (AvgIpc) is 2.77. The molecule has 0 amide bonds. The third-order valence-corrected chi connectivity index (χ3v) is 5.39. The summed E-state index contributed by atoms with van der Waals surface area (Å²) in [6.45, 7) is 2.08. The molecular weight excluding hydrogens is 320 g/mol. The zero-order valence-electron chi connectivity index (χ0n) is 10.4. The minimum atomic E-state index is -0.0959. The van der Waals surface area contributed by atoms with Crippen molar-refractivity contribution in [2.75, 3.05) is 0 Å². The van der Waals surface area contributed by atoms with E-state index in [1.165, 1.54) is 10.4 Å². The summed E-state index contributed by atoms with van der Waals surface area (Å²) in [7, 11) is 0. The van der Waals surface area contributed by atoms with Crippen LogP contribution in [0.3, 0.4) is 0 Å². The molecule has 1 atom stereocenters. The van der Waals surface area contributed by atoms with Crippen LogP contribution in [0.4, 0.5) is 0 Å². The lowest BCUT2D eigenvalue weighted by Crippen LogP contribution is -2.10. The minimum Gasteiger partial charge on any atom is -0.320 e. The molecule has 2 heterocycles. The summed E-state index contributed by atoms with van der Waals surface area (Å²) < 4.78 is 1.15. The van der Waals surface area contributed by atoms with Crippen molar-refractivity contribution in [2.24, 2.45) is 5.73 Å². The number of aryl methyl sites for hydroxylation is 1. The van der Waals surface area contributed by atoms with Gasteiger partial charge in [-0.2, -0.15) is 0 Å². The van der Waals surface area contributed by atoms with Gasteiger partial charge in [0.2, 0.25) is 0 Å². The van der Waals surface area contributed by atoms with Gasteiger partial charge in [0.25, 0.3) is 0 Å². The molecular formula is C15H13BrN2S. The molecule has 0 fully saturated rings. The van der Waals surface area contributed by atoms with Gasteiger partial charge in [-0.15, -0.1) is 11.3 Å².